The van der Waals surface area contributed by atoms with Gasteiger partial charge in [0.2, 0.25) is 0 Å². The second-order valence-corrected chi connectivity index (χ2v) is 4.40. The van der Waals surface area contributed by atoms with Crippen molar-refractivity contribution in [2.75, 3.05) is 13.2 Å². The van der Waals surface area contributed by atoms with Gasteiger partial charge in [0.1, 0.15) is 5.82 Å². The summed E-state index contributed by atoms with van der Waals surface area (Å²) in [4.78, 5) is 0. The van der Waals surface area contributed by atoms with Crippen molar-refractivity contribution in [2.45, 2.75) is 19.9 Å². The molecule has 0 saturated heterocycles. The minimum atomic E-state index is -0.385. The summed E-state index contributed by atoms with van der Waals surface area (Å²) < 4.78 is 13.1. The fourth-order valence-corrected chi connectivity index (χ4v) is 1.55. The van der Waals surface area contributed by atoms with Gasteiger partial charge in [0.15, 0.2) is 0 Å². The molecule has 4 heteroatoms. The fraction of sp³-hybridized carbons (Fsp3) is 0.500. The van der Waals surface area contributed by atoms with E-state index in [0.717, 1.165) is 18.5 Å². The third kappa shape index (κ3) is 4.47. The Balaban J connectivity index is 2.34. The summed E-state index contributed by atoms with van der Waals surface area (Å²) in [6, 6.07) is 4.80. The highest BCUT2D eigenvalue weighted by Gasteiger charge is 2.03. The number of nitrogens with one attached hydrogen (secondary N) is 1. The van der Waals surface area contributed by atoms with Crippen LogP contribution in [0.25, 0.3) is 0 Å². The molecule has 0 bridgehead atoms. The van der Waals surface area contributed by atoms with E-state index in [1.54, 1.807) is 12.1 Å². The van der Waals surface area contributed by atoms with Gasteiger partial charge in [-0.25, -0.2) is 4.39 Å². The van der Waals surface area contributed by atoms with Crippen molar-refractivity contribution in [3.05, 3.63) is 34.6 Å². The van der Waals surface area contributed by atoms with Crippen molar-refractivity contribution in [1.29, 1.82) is 0 Å². The molecule has 2 N–H and O–H groups in total. The van der Waals surface area contributed by atoms with Gasteiger partial charge < -0.3 is 10.4 Å². The smallest absolute Gasteiger partial charge is 0.142 e. The van der Waals surface area contributed by atoms with Crippen LogP contribution in [0.1, 0.15) is 18.9 Å². The minimum Gasteiger partial charge on any atom is -0.396 e. The number of hydrogen-bond acceptors (Lipinski definition) is 2. The van der Waals surface area contributed by atoms with Gasteiger partial charge in [0.25, 0.3) is 0 Å². The lowest BCUT2D eigenvalue weighted by Crippen LogP contribution is -2.21. The van der Waals surface area contributed by atoms with Crippen molar-refractivity contribution < 1.29 is 9.50 Å². The predicted molar refractivity (Wildman–Crippen MR) is 64.0 cm³/mol. The van der Waals surface area contributed by atoms with E-state index in [9.17, 15) is 4.39 Å². The summed E-state index contributed by atoms with van der Waals surface area (Å²) in [7, 11) is 0. The highest BCUT2D eigenvalue weighted by atomic mass is 35.5. The normalized spacial score (nSPS) is 12.8. The summed E-state index contributed by atoms with van der Waals surface area (Å²) in [6.45, 7) is 3.69. The van der Waals surface area contributed by atoms with E-state index in [4.69, 9.17) is 16.7 Å². The Morgan fingerprint density at radius 3 is 2.88 bits per heavy atom. The van der Waals surface area contributed by atoms with E-state index in [1.807, 2.05) is 0 Å². The van der Waals surface area contributed by atoms with Crippen molar-refractivity contribution >= 4 is 11.6 Å². The standard InChI is InChI=1S/C12H17ClFNO/c1-9(4-5-16)7-15-8-10-2-3-11(13)12(14)6-10/h2-3,6,9,15-16H,4-5,7-8H2,1H3. The molecule has 0 amide bonds. The maximum absolute atomic E-state index is 13.1. The maximum Gasteiger partial charge on any atom is 0.142 e. The summed E-state index contributed by atoms with van der Waals surface area (Å²) in [5.74, 6) is 0.0338. The van der Waals surface area contributed by atoms with E-state index in [0.29, 0.717) is 12.5 Å². The molecular formula is C12H17ClFNO. The van der Waals surface area contributed by atoms with Crippen LogP contribution in [0.15, 0.2) is 18.2 Å². The molecule has 90 valence electrons. The summed E-state index contributed by atoms with van der Waals surface area (Å²) in [6.07, 6.45) is 0.780. The van der Waals surface area contributed by atoms with Gasteiger partial charge >= 0.3 is 0 Å². The molecule has 0 aliphatic heterocycles. The molecule has 1 unspecified atom stereocenters. The SMILES string of the molecule is CC(CCO)CNCc1ccc(Cl)c(F)c1. The molecule has 0 aromatic heterocycles. The first-order valence-electron chi connectivity index (χ1n) is 5.39. The monoisotopic (exact) mass is 245 g/mol. The molecule has 0 fully saturated rings. The number of benzene rings is 1. The Morgan fingerprint density at radius 2 is 2.25 bits per heavy atom. The number of halogens is 2. The van der Waals surface area contributed by atoms with Crippen LogP contribution in [0.5, 0.6) is 0 Å². The number of rotatable bonds is 6. The van der Waals surface area contributed by atoms with E-state index in [2.05, 4.69) is 12.2 Å². The second-order valence-electron chi connectivity index (χ2n) is 4.00. The molecule has 0 radical (unpaired) electrons. The minimum absolute atomic E-state index is 0.150. The van der Waals surface area contributed by atoms with Crippen molar-refractivity contribution in [2.24, 2.45) is 5.92 Å². The second kappa shape index (κ2) is 6.84. The van der Waals surface area contributed by atoms with E-state index in [-0.39, 0.29) is 17.4 Å². The maximum atomic E-state index is 13.1. The fourth-order valence-electron chi connectivity index (χ4n) is 1.43. The molecule has 0 spiro atoms. The average Bonchev–Trinajstić information content (AvgIpc) is 2.24. The van der Waals surface area contributed by atoms with Crippen molar-refractivity contribution in [3.8, 4) is 0 Å². The lowest BCUT2D eigenvalue weighted by molar-refractivity contribution is 0.260. The third-order valence-corrected chi connectivity index (χ3v) is 2.73. The zero-order chi connectivity index (χ0) is 12.0. The highest BCUT2D eigenvalue weighted by molar-refractivity contribution is 6.30. The number of aliphatic hydroxyl groups excluding tert-OH is 1. The lowest BCUT2D eigenvalue weighted by atomic mass is 10.1. The average molecular weight is 246 g/mol. The molecule has 2 nitrogen and oxygen atoms in total. The quantitative estimate of drug-likeness (QED) is 0.808. The summed E-state index contributed by atoms with van der Waals surface area (Å²) in [5.41, 5.74) is 0.873. The lowest BCUT2D eigenvalue weighted by Gasteiger charge is -2.11. The van der Waals surface area contributed by atoms with Crippen LogP contribution in [-0.4, -0.2) is 18.3 Å². The van der Waals surface area contributed by atoms with Gasteiger partial charge in [-0.3, -0.25) is 0 Å². The van der Waals surface area contributed by atoms with Crippen LogP contribution >= 0.6 is 11.6 Å². The molecule has 1 aromatic carbocycles. The molecular weight excluding hydrogens is 229 g/mol. The van der Waals surface area contributed by atoms with Crippen LogP contribution in [-0.2, 0) is 6.54 Å². The van der Waals surface area contributed by atoms with Gasteiger partial charge in [-0.2, -0.15) is 0 Å². The van der Waals surface area contributed by atoms with Gasteiger partial charge in [0, 0.05) is 13.2 Å². The molecule has 16 heavy (non-hydrogen) atoms. The van der Waals surface area contributed by atoms with Crippen molar-refractivity contribution in [1.82, 2.24) is 5.32 Å². The Labute approximate surface area is 100 Å². The van der Waals surface area contributed by atoms with Gasteiger partial charge in [-0.15, -0.1) is 0 Å². The first-order valence-corrected chi connectivity index (χ1v) is 5.76. The Hall–Kier alpha value is -0.640. The van der Waals surface area contributed by atoms with Crippen LogP contribution in [0, 0.1) is 11.7 Å². The van der Waals surface area contributed by atoms with Crippen LogP contribution in [0.2, 0.25) is 5.02 Å². The van der Waals surface area contributed by atoms with Gasteiger partial charge in [0.05, 0.1) is 5.02 Å². The van der Waals surface area contributed by atoms with Crippen LogP contribution < -0.4 is 5.32 Å². The van der Waals surface area contributed by atoms with E-state index in [1.165, 1.54) is 6.07 Å². The summed E-state index contributed by atoms with van der Waals surface area (Å²) >= 11 is 5.58. The van der Waals surface area contributed by atoms with E-state index >= 15 is 0 Å². The molecule has 0 saturated carbocycles. The van der Waals surface area contributed by atoms with Crippen LogP contribution in [0.4, 0.5) is 4.39 Å². The molecule has 0 aliphatic rings. The molecule has 0 heterocycles. The Bertz CT molecular complexity index is 333. The van der Waals surface area contributed by atoms with Crippen molar-refractivity contribution in [3.63, 3.8) is 0 Å². The number of hydrogen-bond donors (Lipinski definition) is 2. The first-order chi connectivity index (χ1) is 7.63. The topological polar surface area (TPSA) is 32.3 Å². The Kier molecular flexibility index (Phi) is 5.74. The molecule has 1 rings (SSSR count). The zero-order valence-electron chi connectivity index (χ0n) is 9.34. The van der Waals surface area contributed by atoms with Crippen LogP contribution in [0.3, 0.4) is 0 Å². The third-order valence-electron chi connectivity index (χ3n) is 2.43. The first kappa shape index (κ1) is 13.4. The predicted octanol–water partition coefficient (Wildman–Crippen LogP) is 2.59. The molecule has 1 atom stereocenters. The zero-order valence-corrected chi connectivity index (χ0v) is 10.1. The number of aliphatic hydroxyl groups is 1. The Morgan fingerprint density at radius 1 is 1.50 bits per heavy atom. The molecule has 1 aromatic rings. The van der Waals surface area contributed by atoms with E-state index < -0.39 is 0 Å². The van der Waals surface area contributed by atoms with Gasteiger partial charge in [-0.05, 0) is 36.6 Å². The van der Waals surface area contributed by atoms with Gasteiger partial charge in [-0.1, -0.05) is 24.6 Å². The largest absolute Gasteiger partial charge is 0.396 e. The molecule has 0 aliphatic carbocycles. The summed E-state index contributed by atoms with van der Waals surface area (Å²) in [5, 5.41) is 12.1. The highest BCUT2D eigenvalue weighted by Crippen LogP contribution is 2.15.